The predicted octanol–water partition coefficient (Wildman–Crippen LogP) is 2.86. The molecule has 1 aromatic rings. The molecule has 3 atom stereocenters. The third kappa shape index (κ3) is 2.62. The molecule has 3 aliphatic rings. The normalized spacial score (nSPS) is 29.5. The van der Waals surface area contributed by atoms with E-state index < -0.39 is 0 Å². The van der Waals surface area contributed by atoms with Crippen LogP contribution in [0.2, 0.25) is 0 Å². The molecule has 2 heterocycles. The Labute approximate surface area is 143 Å². The summed E-state index contributed by atoms with van der Waals surface area (Å²) in [5.41, 5.74) is 2.28. The average Bonchev–Trinajstić information content (AvgIpc) is 3.30. The lowest BCUT2D eigenvalue weighted by atomic mass is 9.99. The molecule has 3 unspecified atom stereocenters. The largest absolute Gasteiger partial charge is 0.342 e. The quantitative estimate of drug-likeness (QED) is 0.838. The minimum absolute atomic E-state index is 0.0779. The molecule has 0 spiro atoms. The van der Waals surface area contributed by atoms with Gasteiger partial charge in [0.1, 0.15) is 0 Å². The van der Waals surface area contributed by atoms with Crippen molar-refractivity contribution in [2.75, 3.05) is 18.0 Å². The minimum atomic E-state index is -0.106. The Balaban J connectivity index is 1.43. The molecule has 128 valence electrons. The zero-order valence-corrected chi connectivity index (χ0v) is 14.6. The van der Waals surface area contributed by atoms with Crippen molar-refractivity contribution in [2.24, 2.45) is 17.8 Å². The van der Waals surface area contributed by atoms with Crippen molar-refractivity contribution in [1.29, 1.82) is 0 Å². The van der Waals surface area contributed by atoms with Crippen LogP contribution in [0.1, 0.15) is 38.7 Å². The number of benzene rings is 1. The van der Waals surface area contributed by atoms with Crippen LogP contribution < -0.4 is 4.90 Å². The molecule has 0 radical (unpaired) electrons. The van der Waals surface area contributed by atoms with Crippen molar-refractivity contribution in [3.63, 3.8) is 0 Å². The van der Waals surface area contributed by atoms with Gasteiger partial charge in [0.2, 0.25) is 11.8 Å². The first kappa shape index (κ1) is 15.7. The zero-order valence-electron chi connectivity index (χ0n) is 14.6. The van der Waals surface area contributed by atoms with Gasteiger partial charge in [-0.2, -0.15) is 0 Å². The Morgan fingerprint density at radius 1 is 1.00 bits per heavy atom. The lowest BCUT2D eigenvalue weighted by Crippen LogP contribution is -2.41. The van der Waals surface area contributed by atoms with Gasteiger partial charge in [0, 0.05) is 24.8 Å². The monoisotopic (exact) mass is 326 g/mol. The maximum Gasteiger partial charge on any atom is 0.231 e. The fourth-order valence-electron chi connectivity index (χ4n) is 4.28. The molecule has 2 fully saturated rings. The molecule has 1 aliphatic carbocycles. The summed E-state index contributed by atoms with van der Waals surface area (Å²) in [6.07, 6.45) is 3.83. The second kappa shape index (κ2) is 5.91. The fourth-order valence-corrected chi connectivity index (χ4v) is 4.28. The molecule has 1 aromatic carbocycles. The number of piperidine rings is 1. The highest BCUT2D eigenvalue weighted by atomic mass is 16.2. The number of carbonyl (C=O) groups excluding carboxylic acids is 2. The van der Waals surface area contributed by atoms with Crippen LogP contribution in [0.25, 0.3) is 0 Å². The van der Waals surface area contributed by atoms with Crippen molar-refractivity contribution in [3.8, 4) is 0 Å². The zero-order chi connectivity index (χ0) is 16.8. The van der Waals surface area contributed by atoms with Crippen LogP contribution >= 0.6 is 0 Å². The molecule has 1 saturated carbocycles. The van der Waals surface area contributed by atoms with Gasteiger partial charge in [0.05, 0.1) is 11.8 Å². The van der Waals surface area contributed by atoms with Gasteiger partial charge in [-0.1, -0.05) is 25.1 Å². The van der Waals surface area contributed by atoms with Gasteiger partial charge in [0.15, 0.2) is 0 Å². The van der Waals surface area contributed by atoms with E-state index in [-0.39, 0.29) is 29.7 Å². The Bertz CT molecular complexity index is 663. The number of para-hydroxylation sites is 1. The number of fused-ring (bicyclic) bond motifs is 1. The molecule has 4 rings (SSSR count). The third-order valence-electron chi connectivity index (χ3n) is 5.96. The van der Waals surface area contributed by atoms with Crippen LogP contribution in [0, 0.1) is 17.8 Å². The number of amides is 2. The van der Waals surface area contributed by atoms with Gasteiger partial charge in [-0.3, -0.25) is 9.59 Å². The van der Waals surface area contributed by atoms with Crippen molar-refractivity contribution < 1.29 is 9.59 Å². The van der Waals surface area contributed by atoms with E-state index in [4.69, 9.17) is 0 Å². The van der Waals surface area contributed by atoms with Crippen molar-refractivity contribution in [2.45, 2.75) is 45.6 Å². The van der Waals surface area contributed by atoms with Crippen LogP contribution in [-0.2, 0) is 16.0 Å². The molecule has 2 amide bonds. The maximum atomic E-state index is 13.0. The molecular formula is C20H26N2O2. The number of hydrogen-bond donors (Lipinski definition) is 0. The van der Waals surface area contributed by atoms with Gasteiger partial charge >= 0.3 is 0 Å². The molecule has 1 saturated heterocycles. The van der Waals surface area contributed by atoms with E-state index >= 15 is 0 Å². The van der Waals surface area contributed by atoms with Gasteiger partial charge in [-0.15, -0.1) is 0 Å². The van der Waals surface area contributed by atoms with E-state index in [9.17, 15) is 9.59 Å². The van der Waals surface area contributed by atoms with Gasteiger partial charge in [0.25, 0.3) is 0 Å². The lowest BCUT2D eigenvalue weighted by Gasteiger charge is -2.30. The highest BCUT2D eigenvalue weighted by Crippen LogP contribution is 2.44. The van der Waals surface area contributed by atoms with Gasteiger partial charge < -0.3 is 9.80 Å². The summed E-state index contributed by atoms with van der Waals surface area (Å²) in [6, 6.07) is 8.34. The first-order valence-electron chi connectivity index (χ1n) is 9.26. The molecule has 0 aromatic heterocycles. The molecule has 2 aliphatic heterocycles. The number of hydrogen-bond acceptors (Lipinski definition) is 2. The molecule has 4 heteroatoms. The van der Waals surface area contributed by atoms with E-state index in [0.717, 1.165) is 44.5 Å². The second-order valence-electron chi connectivity index (χ2n) is 7.85. The molecule has 0 N–H and O–H groups in total. The van der Waals surface area contributed by atoms with Crippen LogP contribution in [0.3, 0.4) is 0 Å². The molecular weight excluding hydrogens is 300 g/mol. The summed E-state index contributed by atoms with van der Waals surface area (Å²) in [7, 11) is 0. The van der Waals surface area contributed by atoms with E-state index in [1.165, 1.54) is 5.56 Å². The molecule has 0 bridgehead atoms. The highest BCUT2D eigenvalue weighted by molar-refractivity contribution is 6.02. The first-order chi connectivity index (χ1) is 11.6. The summed E-state index contributed by atoms with van der Waals surface area (Å²) in [4.78, 5) is 29.6. The van der Waals surface area contributed by atoms with Crippen LogP contribution in [-0.4, -0.2) is 35.8 Å². The molecule has 4 nitrogen and oxygen atoms in total. The van der Waals surface area contributed by atoms with Crippen LogP contribution in [0.5, 0.6) is 0 Å². The summed E-state index contributed by atoms with van der Waals surface area (Å²) in [5.74, 6) is 0.889. The van der Waals surface area contributed by atoms with E-state index in [0.29, 0.717) is 5.92 Å². The Hall–Kier alpha value is -1.84. The first-order valence-corrected chi connectivity index (χ1v) is 9.26. The summed E-state index contributed by atoms with van der Waals surface area (Å²) >= 11 is 0. The number of rotatable bonds is 2. The van der Waals surface area contributed by atoms with E-state index in [1.54, 1.807) is 0 Å². The topological polar surface area (TPSA) is 40.6 Å². The fraction of sp³-hybridized carbons (Fsp3) is 0.600. The van der Waals surface area contributed by atoms with E-state index in [2.05, 4.69) is 19.9 Å². The average molecular weight is 326 g/mol. The lowest BCUT2D eigenvalue weighted by molar-refractivity contribution is -0.135. The number of nitrogens with zero attached hydrogens (tertiary/aromatic N) is 2. The smallest absolute Gasteiger partial charge is 0.231 e. The Morgan fingerprint density at radius 2 is 1.67 bits per heavy atom. The Morgan fingerprint density at radius 3 is 2.42 bits per heavy atom. The molecule has 24 heavy (non-hydrogen) atoms. The van der Waals surface area contributed by atoms with Gasteiger partial charge in [-0.05, 0) is 50.2 Å². The second-order valence-corrected chi connectivity index (χ2v) is 7.85. The summed E-state index contributed by atoms with van der Waals surface area (Å²) in [6.45, 7) is 6.07. The number of carbonyl (C=O) groups is 2. The summed E-state index contributed by atoms with van der Waals surface area (Å²) in [5, 5.41) is 0. The number of likely N-dealkylation sites (tertiary alicyclic amines) is 1. The third-order valence-corrected chi connectivity index (χ3v) is 5.96. The van der Waals surface area contributed by atoms with Crippen LogP contribution in [0.15, 0.2) is 24.3 Å². The summed E-state index contributed by atoms with van der Waals surface area (Å²) < 4.78 is 0. The predicted molar refractivity (Wildman–Crippen MR) is 93.7 cm³/mol. The van der Waals surface area contributed by atoms with Crippen molar-refractivity contribution >= 4 is 17.5 Å². The van der Waals surface area contributed by atoms with Crippen molar-refractivity contribution in [1.82, 2.24) is 4.90 Å². The SMILES string of the molecule is CC1CCN(C(=O)C2CC2C(=O)N2c3ccccc3CC2C)CC1. The van der Waals surface area contributed by atoms with Gasteiger partial charge in [-0.25, -0.2) is 0 Å². The van der Waals surface area contributed by atoms with Crippen molar-refractivity contribution in [3.05, 3.63) is 29.8 Å². The Kier molecular flexibility index (Phi) is 3.86. The highest BCUT2D eigenvalue weighted by Gasteiger charge is 2.52. The number of anilines is 1. The minimum Gasteiger partial charge on any atom is -0.342 e. The van der Waals surface area contributed by atoms with E-state index in [1.807, 2.05) is 28.0 Å². The standard InChI is InChI=1S/C20H26N2O2/c1-13-7-9-21(10-8-13)19(23)16-12-17(16)20(24)22-14(2)11-15-5-3-4-6-18(15)22/h3-6,13-14,16-17H,7-12H2,1-2H3. The maximum absolute atomic E-state index is 13.0. The van der Waals surface area contributed by atoms with Crippen LogP contribution in [0.4, 0.5) is 5.69 Å².